The van der Waals surface area contributed by atoms with Gasteiger partial charge in [0.15, 0.2) is 0 Å². The Bertz CT molecular complexity index is 991. The minimum absolute atomic E-state index is 0.00470. The SMILES string of the molecule is CC1(C)[C@@H]2CC[C@]1(C)[C@@H](n1c(=O)[nH]c3cnc4[nH]ccc4c31)C2. The monoisotopic (exact) mass is 310 g/mol. The van der Waals surface area contributed by atoms with E-state index >= 15 is 0 Å². The van der Waals surface area contributed by atoms with Crippen LogP contribution in [0.1, 0.15) is 46.1 Å². The molecule has 2 saturated carbocycles. The van der Waals surface area contributed by atoms with E-state index in [2.05, 4.69) is 35.7 Å². The molecule has 2 aliphatic carbocycles. The van der Waals surface area contributed by atoms with Gasteiger partial charge in [0.05, 0.1) is 17.2 Å². The zero-order valence-electron chi connectivity index (χ0n) is 13.8. The normalized spacial score (nSPS) is 32.3. The molecule has 23 heavy (non-hydrogen) atoms. The molecule has 2 N–H and O–H groups in total. The topological polar surface area (TPSA) is 66.5 Å². The molecule has 0 aliphatic heterocycles. The van der Waals surface area contributed by atoms with Crippen LogP contribution in [-0.4, -0.2) is 19.5 Å². The predicted octanol–water partition coefficient (Wildman–Crippen LogP) is 3.59. The minimum atomic E-state index is 0.00470. The number of aromatic nitrogens is 4. The second kappa shape index (κ2) is 3.89. The molecule has 120 valence electrons. The average molecular weight is 310 g/mol. The lowest BCUT2D eigenvalue weighted by molar-refractivity contribution is 0.108. The molecular weight excluding hydrogens is 288 g/mol. The lowest BCUT2D eigenvalue weighted by Gasteiger charge is -2.39. The molecule has 3 aromatic rings. The summed E-state index contributed by atoms with van der Waals surface area (Å²) in [5.41, 5.74) is 3.15. The fraction of sp³-hybridized carbons (Fsp3) is 0.556. The Kier molecular flexibility index (Phi) is 2.27. The quantitative estimate of drug-likeness (QED) is 0.721. The molecule has 2 fully saturated rings. The van der Waals surface area contributed by atoms with Crippen LogP contribution in [-0.2, 0) is 0 Å². The van der Waals surface area contributed by atoms with Crippen LogP contribution in [0.4, 0.5) is 0 Å². The average Bonchev–Trinajstić information content (AvgIpc) is 3.18. The highest BCUT2D eigenvalue weighted by Crippen LogP contribution is 2.69. The van der Waals surface area contributed by atoms with Crippen LogP contribution < -0.4 is 5.69 Å². The number of hydrogen-bond acceptors (Lipinski definition) is 2. The van der Waals surface area contributed by atoms with E-state index < -0.39 is 0 Å². The number of fused-ring (bicyclic) bond motifs is 5. The van der Waals surface area contributed by atoms with Gasteiger partial charge in [0, 0.05) is 17.6 Å². The zero-order valence-corrected chi connectivity index (χ0v) is 13.8. The van der Waals surface area contributed by atoms with Gasteiger partial charge in [-0.25, -0.2) is 9.78 Å². The van der Waals surface area contributed by atoms with E-state index in [1.54, 1.807) is 6.20 Å². The van der Waals surface area contributed by atoms with Gasteiger partial charge in [-0.3, -0.25) is 4.57 Å². The summed E-state index contributed by atoms with van der Waals surface area (Å²) in [6, 6.07) is 2.28. The summed E-state index contributed by atoms with van der Waals surface area (Å²) in [7, 11) is 0. The lowest BCUT2D eigenvalue weighted by Crippen LogP contribution is -2.37. The van der Waals surface area contributed by atoms with Crippen molar-refractivity contribution in [3.05, 3.63) is 28.9 Å². The van der Waals surface area contributed by atoms with Gasteiger partial charge in [-0.1, -0.05) is 20.8 Å². The summed E-state index contributed by atoms with van der Waals surface area (Å²) in [6.45, 7) is 7.15. The number of H-pyrrole nitrogens is 2. The molecule has 3 heterocycles. The van der Waals surface area contributed by atoms with Crippen LogP contribution in [0.25, 0.3) is 22.1 Å². The minimum Gasteiger partial charge on any atom is -0.346 e. The predicted molar refractivity (Wildman–Crippen MR) is 90.5 cm³/mol. The Morgan fingerprint density at radius 3 is 2.87 bits per heavy atom. The number of nitrogens with zero attached hydrogens (tertiary/aromatic N) is 2. The molecule has 0 amide bonds. The number of imidazole rings is 1. The van der Waals surface area contributed by atoms with Crippen LogP contribution >= 0.6 is 0 Å². The van der Waals surface area contributed by atoms with Gasteiger partial charge < -0.3 is 9.97 Å². The second-order valence-corrected chi connectivity index (χ2v) is 8.19. The summed E-state index contributed by atoms with van der Waals surface area (Å²) in [5.74, 6) is 0.706. The van der Waals surface area contributed by atoms with Crippen molar-refractivity contribution in [2.24, 2.45) is 16.7 Å². The van der Waals surface area contributed by atoms with Crippen molar-refractivity contribution in [1.29, 1.82) is 0 Å². The van der Waals surface area contributed by atoms with E-state index in [1.807, 2.05) is 16.8 Å². The number of pyridine rings is 1. The van der Waals surface area contributed by atoms with Crippen molar-refractivity contribution >= 4 is 22.1 Å². The molecule has 0 spiro atoms. The largest absolute Gasteiger partial charge is 0.346 e. The standard InChI is InChI=1S/C18H22N4O/c1-17(2)10-4-6-18(17,3)13(8-10)22-14-11-5-7-19-15(11)20-9-12(14)21-16(22)23/h5,7,9-10,13H,4,6,8H2,1-3H3,(H,19,20)(H,21,23)/t10-,13+,18-/m1/s1. The maximum Gasteiger partial charge on any atom is 0.326 e. The highest BCUT2D eigenvalue weighted by molar-refractivity contribution is 6.00. The number of nitrogens with one attached hydrogen (secondary N) is 2. The molecule has 3 atom stereocenters. The summed E-state index contributed by atoms with van der Waals surface area (Å²) in [5, 5.41) is 1.03. The van der Waals surface area contributed by atoms with Gasteiger partial charge in [0.1, 0.15) is 5.65 Å². The Labute approximate surface area is 134 Å². The van der Waals surface area contributed by atoms with E-state index in [4.69, 9.17) is 0 Å². The molecule has 5 heteroatoms. The Morgan fingerprint density at radius 2 is 2.17 bits per heavy atom. The molecule has 0 aromatic carbocycles. The first-order valence-electron chi connectivity index (χ1n) is 8.50. The van der Waals surface area contributed by atoms with E-state index in [0.29, 0.717) is 5.92 Å². The molecular formula is C18H22N4O. The first kappa shape index (κ1) is 13.4. The van der Waals surface area contributed by atoms with Crippen LogP contribution in [0.2, 0.25) is 0 Å². The Hall–Kier alpha value is -2.04. The van der Waals surface area contributed by atoms with Crippen molar-refractivity contribution in [2.75, 3.05) is 0 Å². The number of aromatic amines is 2. The highest BCUT2D eigenvalue weighted by Gasteiger charge is 2.62. The molecule has 0 saturated heterocycles. The van der Waals surface area contributed by atoms with Crippen molar-refractivity contribution < 1.29 is 0 Å². The molecule has 5 nitrogen and oxygen atoms in total. The van der Waals surface area contributed by atoms with E-state index in [1.165, 1.54) is 12.8 Å². The van der Waals surface area contributed by atoms with Crippen LogP contribution in [0.3, 0.4) is 0 Å². The lowest BCUT2D eigenvalue weighted by atomic mass is 9.69. The van der Waals surface area contributed by atoms with Crippen LogP contribution in [0, 0.1) is 16.7 Å². The van der Waals surface area contributed by atoms with Crippen LogP contribution in [0.15, 0.2) is 23.3 Å². The maximum atomic E-state index is 12.8. The van der Waals surface area contributed by atoms with Gasteiger partial charge in [0.2, 0.25) is 0 Å². The first-order chi connectivity index (χ1) is 10.9. The van der Waals surface area contributed by atoms with Crippen molar-refractivity contribution in [1.82, 2.24) is 19.5 Å². The fourth-order valence-electron chi connectivity index (χ4n) is 5.47. The molecule has 2 aliphatic rings. The van der Waals surface area contributed by atoms with Gasteiger partial charge in [-0.15, -0.1) is 0 Å². The number of hydrogen-bond donors (Lipinski definition) is 2. The van der Waals surface area contributed by atoms with Gasteiger partial charge in [0.25, 0.3) is 0 Å². The van der Waals surface area contributed by atoms with Crippen molar-refractivity contribution in [3.63, 3.8) is 0 Å². The molecule has 5 rings (SSSR count). The molecule has 0 unspecified atom stereocenters. The summed E-state index contributed by atoms with van der Waals surface area (Å²) in [6.07, 6.45) is 7.26. The molecule has 3 aromatic heterocycles. The van der Waals surface area contributed by atoms with E-state index in [0.717, 1.165) is 28.5 Å². The van der Waals surface area contributed by atoms with Crippen LogP contribution in [0.5, 0.6) is 0 Å². The molecule has 0 radical (unpaired) electrons. The van der Waals surface area contributed by atoms with Crippen molar-refractivity contribution in [2.45, 2.75) is 46.1 Å². The highest BCUT2D eigenvalue weighted by atomic mass is 16.1. The smallest absolute Gasteiger partial charge is 0.326 e. The van der Waals surface area contributed by atoms with Gasteiger partial charge >= 0.3 is 5.69 Å². The summed E-state index contributed by atoms with van der Waals surface area (Å²) >= 11 is 0. The van der Waals surface area contributed by atoms with E-state index in [9.17, 15) is 4.79 Å². The third-order valence-corrected chi connectivity index (χ3v) is 7.32. The maximum absolute atomic E-state index is 12.8. The van der Waals surface area contributed by atoms with E-state index in [-0.39, 0.29) is 22.6 Å². The fourth-order valence-corrected chi connectivity index (χ4v) is 5.47. The third-order valence-electron chi connectivity index (χ3n) is 7.32. The van der Waals surface area contributed by atoms with Gasteiger partial charge in [-0.2, -0.15) is 0 Å². The van der Waals surface area contributed by atoms with Crippen molar-refractivity contribution in [3.8, 4) is 0 Å². The van der Waals surface area contributed by atoms with Gasteiger partial charge in [-0.05, 0) is 42.1 Å². The first-order valence-corrected chi connectivity index (χ1v) is 8.50. The summed E-state index contributed by atoms with van der Waals surface area (Å²) in [4.78, 5) is 23.4. The molecule has 2 bridgehead atoms. The Morgan fingerprint density at radius 1 is 1.35 bits per heavy atom. The summed E-state index contributed by atoms with van der Waals surface area (Å²) < 4.78 is 2.04. The third kappa shape index (κ3) is 1.39. The second-order valence-electron chi connectivity index (χ2n) is 8.19. The Balaban J connectivity index is 1.83. The number of rotatable bonds is 1. The zero-order chi connectivity index (χ0) is 16.0.